The molecule has 0 aliphatic rings. The fraction of sp³-hybridized carbons (Fsp3) is 0.379. The van der Waals surface area contributed by atoms with Gasteiger partial charge in [0.05, 0.1) is 6.61 Å². The first kappa shape index (κ1) is 23.7. The van der Waals surface area contributed by atoms with E-state index in [1.54, 1.807) is 0 Å². The average molecular weight is 433 g/mol. The number of phenols is 2. The van der Waals surface area contributed by atoms with Gasteiger partial charge >= 0.3 is 0 Å². The summed E-state index contributed by atoms with van der Waals surface area (Å²) >= 11 is 0. The molecule has 3 aromatic rings. The molecule has 0 saturated carbocycles. The molecular weight excluding hydrogens is 396 g/mol. The number of rotatable bonds is 7. The number of hydrogen-bond donors (Lipinski definition) is 2. The Morgan fingerprint density at radius 3 is 1.62 bits per heavy atom. The van der Waals surface area contributed by atoms with Crippen molar-refractivity contribution in [1.82, 2.24) is 0 Å². The Labute approximate surface area is 192 Å². The lowest BCUT2D eigenvalue weighted by molar-refractivity contribution is 0.309. The molecule has 0 fully saturated rings. The van der Waals surface area contributed by atoms with E-state index in [4.69, 9.17) is 4.74 Å². The Morgan fingerprint density at radius 2 is 1.19 bits per heavy atom. The van der Waals surface area contributed by atoms with Gasteiger partial charge in [-0.2, -0.15) is 0 Å². The molecule has 0 aliphatic heterocycles. The summed E-state index contributed by atoms with van der Waals surface area (Å²) in [5.41, 5.74) is 9.25. The minimum atomic E-state index is -0.0179. The van der Waals surface area contributed by atoms with Gasteiger partial charge in [0.15, 0.2) is 0 Å². The molecule has 0 heterocycles. The van der Waals surface area contributed by atoms with Crippen LogP contribution >= 0.6 is 0 Å². The van der Waals surface area contributed by atoms with Crippen LogP contribution in [-0.4, -0.2) is 16.8 Å². The molecule has 170 valence electrons. The number of benzene rings is 3. The molecule has 0 radical (unpaired) electrons. The zero-order chi connectivity index (χ0) is 23.6. The van der Waals surface area contributed by atoms with Crippen LogP contribution in [0, 0.1) is 41.5 Å². The minimum Gasteiger partial charge on any atom is -0.507 e. The molecule has 0 aliphatic carbocycles. The highest BCUT2D eigenvalue weighted by atomic mass is 16.5. The molecule has 32 heavy (non-hydrogen) atoms. The molecule has 3 nitrogen and oxygen atoms in total. The molecule has 0 aromatic heterocycles. The van der Waals surface area contributed by atoms with E-state index in [0.717, 1.165) is 64.1 Å². The maximum absolute atomic E-state index is 10.5. The van der Waals surface area contributed by atoms with E-state index in [0.29, 0.717) is 11.5 Å². The maximum Gasteiger partial charge on any atom is 0.121 e. The van der Waals surface area contributed by atoms with Crippen molar-refractivity contribution in [2.75, 3.05) is 6.61 Å². The minimum absolute atomic E-state index is 0.0179. The first-order chi connectivity index (χ1) is 15.2. The second-order valence-corrected chi connectivity index (χ2v) is 8.97. The summed E-state index contributed by atoms with van der Waals surface area (Å²) < 4.78 is 5.88. The van der Waals surface area contributed by atoms with Crippen LogP contribution in [0.2, 0.25) is 0 Å². The highest BCUT2D eigenvalue weighted by Crippen LogP contribution is 2.42. The van der Waals surface area contributed by atoms with Gasteiger partial charge in [-0.05, 0) is 110 Å². The summed E-state index contributed by atoms with van der Waals surface area (Å²) in [6.45, 7) is 14.9. The predicted molar refractivity (Wildman–Crippen MR) is 132 cm³/mol. The molecular formula is C29H36O3. The second kappa shape index (κ2) is 9.68. The lowest BCUT2D eigenvalue weighted by atomic mass is 9.78. The van der Waals surface area contributed by atoms with Gasteiger partial charge in [0.1, 0.15) is 17.2 Å². The Bertz CT molecular complexity index is 1050. The Balaban J connectivity index is 2.21. The molecule has 3 aromatic carbocycles. The number of aromatic hydroxyl groups is 2. The number of hydrogen-bond acceptors (Lipinski definition) is 3. The van der Waals surface area contributed by atoms with Crippen molar-refractivity contribution in [3.63, 3.8) is 0 Å². The van der Waals surface area contributed by atoms with Crippen molar-refractivity contribution in [2.45, 2.75) is 67.2 Å². The summed E-state index contributed by atoms with van der Waals surface area (Å²) in [7, 11) is 0. The summed E-state index contributed by atoms with van der Waals surface area (Å²) in [4.78, 5) is 0. The highest BCUT2D eigenvalue weighted by molar-refractivity contribution is 5.59. The van der Waals surface area contributed by atoms with Gasteiger partial charge in [0, 0.05) is 5.92 Å². The SMILES string of the molecule is CCCCOc1ccc(C(c2cc(C)c(O)c(C)c2C)c2cc(C)c(O)c(C)c2C)cc1. The maximum atomic E-state index is 10.5. The van der Waals surface area contributed by atoms with Crippen molar-refractivity contribution in [2.24, 2.45) is 0 Å². The van der Waals surface area contributed by atoms with E-state index in [1.165, 1.54) is 11.1 Å². The Morgan fingerprint density at radius 1 is 0.719 bits per heavy atom. The fourth-order valence-corrected chi connectivity index (χ4v) is 4.42. The van der Waals surface area contributed by atoms with Crippen LogP contribution in [0.25, 0.3) is 0 Å². The van der Waals surface area contributed by atoms with Gasteiger partial charge in [-0.15, -0.1) is 0 Å². The van der Waals surface area contributed by atoms with Gasteiger partial charge in [0.25, 0.3) is 0 Å². The molecule has 3 heteroatoms. The zero-order valence-corrected chi connectivity index (χ0v) is 20.5. The molecule has 0 bridgehead atoms. The molecule has 0 atom stereocenters. The standard InChI is InChI=1S/C29H36O3/c1-8-9-14-32-24-12-10-23(11-13-24)27(25-15-17(2)28(30)21(6)19(25)4)26-16-18(3)29(31)22(7)20(26)5/h10-13,15-16,27,30-31H,8-9,14H2,1-7H3. The van der Waals surface area contributed by atoms with Crippen molar-refractivity contribution in [1.29, 1.82) is 0 Å². The molecule has 0 unspecified atom stereocenters. The monoisotopic (exact) mass is 432 g/mol. The topological polar surface area (TPSA) is 49.7 Å². The van der Waals surface area contributed by atoms with Gasteiger partial charge in [-0.3, -0.25) is 0 Å². The Kier molecular flexibility index (Phi) is 7.18. The summed E-state index contributed by atoms with van der Waals surface area (Å²) in [6, 6.07) is 12.6. The second-order valence-electron chi connectivity index (χ2n) is 8.97. The lowest BCUT2D eigenvalue weighted by Gasteiger charge is -2.26. The zero-order valence-electron chi connectivity index (χ0n) is 20.5. The van der Waals surface area contributed by atoms with Crippen molar-refractivity contribution >= 4 is 0 Å². The van der Waals surface area contributed by atoms with Crippen LogP contribution < -0.4 is 4.74 Å². The fourth-order valence-electron chi connectivity index (χ4n) is 4.42. The van der Waals surface area contributed by atoms with Crippen LogP contribution in [0.5, 0.6) is 17.2 Å². The van der Waals surface area contributed by atoms with Crippen LogP contribution in [0.15, 0.2) is 36.4 Å². The number of ether oxygens (including phenoxy) is 1. The number of unbranched alkanes of at least 4 members (excludes halogenated alkanes) is 1. The smallest absolute Gasteiger partial charge is 0.121 e. The summed E-state index contributed by atoms with van der Waals surface area (Å²) in [5.74, 6) is 1.58. The van der Waals surface area contributed by atoms with Gasteiger partial charge in [-0.1, -0.05) is 37.6 Å². The van der Waals surface area contributed by atoms with E-state index in [2.05, 4.69) is 45.0 Å². The number of aryl methyl sites for hydroxylation is 2. The Hall–Kier alpha value is -2.94. The van der Waals surface area contributed by atoms with E-state index < -0.39 is 0 Å². The molecule has 2 N–H and O–H groups in total. The molecule has 0 spiro atoms. The third kappa shape index (κ3) is 4.48. The van der Waals surface area contributed by atoms with Gasteiger partial charge < -0.3 is 14.9 Å². The summed E-state index contributed by atoms with van der Waals surface area (Å²) in [6.07, 6.45) is 2.15. The van der Waals surface area contributed by atoms with Gasteiger partial charge in [-0.25, -0.2) is 0 Å². The third-order valence-electron chi connectivity index (χ3n) is 6.79. The number of phenolic OH excluding ortho intramolecular Hbond substituents is 2. The van der Waals surface area contributed by atoms with Crippen LogP contribution in [0.1, 0.15) is 75.8 Å². The van der Waals surface area contributed by atoms with Crippen molar-refractivity contribution in [3.8, 4) is 17.2 Å². The molecule has 3 rings (SSSR count). The first-order valence-corrected chi connectivity index (χ1v) is 11.5. The van der Waals surface area contributed by atoms with E-state index in [9.17, 15) is 10.2 Å². The highest BCUT2D eigenvalue weighted by Gasteiger charge is 2.25. The van der Waals surface area contributed by atoms with E-state index >= 15 is 0 Å². The largest absolute Gasteiger partial charge is 0.507 e. The predicted octanol–water partition coefficient (Wildman–Crippen LogP) is 7.31. The van der Waals surface area contributed by atoms with E-state index in [-0.39, 0.29) is 5.92 Å². The van der Waals surface area contributed by atoms with Crippen molar-refractivity contribution < 1.29 is 14.9 Å². The molecule has 0 saturated heterocycles. The van der Waals surface area contributed by atoms with E-state index in [1.807, 2.05) is 39.8 Å². The lowest BCUT2D eigenvalue weighted by Crippen LogP contribution is -2.10. The summed E-state index contributed by atoms with van der Waals surface area (Å²) in [5, 5.41) is 21.0. The van der Waals surface area contributed by atoms with Crippen LogP contribution in [0.4, 0.5) is 0 Å². The quantitative estimate of drug-likeness (QED) is 0.304. The third-order valence-corrected chi connectivity index (χ3v) is 6.79. The average Bonchev–Trinajstić information content (AvgIpc) is 2.79. The normalized spacial score (nSPS) is 11.2. The van der Waals surface area contributed by atoms with Crippen LogP contribution in [-0.2, 0) is 0 Å². The molecule has 0 amide bonds. The van der Waals surface area contributed by atoms with Gasteiger partial charge in [0.2, 0.25) is 0 Å². The van der Waals surface area contributed by atoms with Crippen LogP contribution in [0.3, 0.4) is 0 Å². The van der Waals surface area contributed by atoms with Crippen molar-refractivity contribution in [3.05, 3.63) is 86.5 Å². The first-order valence-electron chi connectivity index (χ1n) is 11.5.